The van der Waals surface area contributed by atoms with E-state index < -0.39 is 12.0 Å². The molecule has 12 heteroatoms. The summed E-state index contributed by atoms with van der Waals surface area (Å²) in [5, 5.41) is 11.0. The molecule has 210 valence electrons. The topological polar surface area (TPSA) is 96.6 Å². The molecule has 0 aliphatic carbocycles. The van der Waals surface area contributed by atoms with Gasteiger partial charge in [0.15, 0.2) is 5.65 Å². The third-order valence-corrected chi connectivity index (χ3v) is 6.93. The van der Waals surface area contributed by atoms with Gasteiger partial charge >= 0.3 is 6.36 Å². The molecule has 4 aromatic rings. The number of rotatable bonds is 5. The molecule has 0 unspecified atom stereocenters. The second kappa shape index (κ2) is 10.1. The summed E-state index contributed by atoms with van der Waals surface area (Å²) in [5.41, 5.74) is 1.03. The van der Waals surface area contributed by atoms with E-state index in [0.29, 0.717) is 35.6 Å². The highest BCUT2D eigenvalue weighted by Gasteiger charge is 2.39. The number of benzene rings is 1. The summed E-state index contributed by atoms with van der Waals surface area (Å²) < 4.78 is 44.6. The van der Waals surface area contributed by atoms with Crippen LogP contribution in [0.1, 0.15) is 27.7 Å². The predicted octanol–water partition coefficient (Wildman–Crippen LogP) is 4.58. The summed E-state index contributed by atoms with van der Waals surface area (Å²) in [6, 6.07) is 9.00. The smallest absolute Gasteiger partial charge is 0.406 e. The van der Waals surface area contributed by atoms with Crippen LogP contribution >= 0.6 is 0 Å². The van der Waals surface area contributed by atoms with Crippen LogP contribution in [0.2, 0.25) is 0 Å². The van der Waals surface area contributed by atoms with E-state index in [-0.39, 0.29) is 23.7 Å². The molecular formula is C28H29F3N6O3. The van der Waals surface area contributed by atoms with Gasteiger partial charge in [0.05, 0.1) is 11.1 Å². The first-order valence-electron chi connectivity index (χ1n) is 12.8. The monoisotopic (exact) mass is 554 g/mol. The van der Waals surface area contributed by atoms with Crippen LogP contribution in [-0.4, -0.2) is 72.6 Å². The molecule has 1 amide bonds. The summed E-state index contributed by atoms with van der Waals surface area (Å²) >= 11 is 0. The predicted molar refractivity (Wildman–Crippen MR) is 143 cm³/mol. The molecule has 5 rings (SSSR count). The maximum atomic E-state index is 12.9. The van der Waals surface area contributed by atoms with Crippen LogP contribution in [0.25, 0.3) is 27.8 Å². The summed E-state index contributed by atoms with van der Waals surface area (Å²) in [6.45, 7) is 7.67. The first kappa shape index (κ1) is 27.4. The standard InChI is InChI=1S/C28H29F3N6O3/c1-17-14-36(26(38)27(3,4)39)18(2)13-35(17)24-23-22(19-8-10-32-11-9-19)15-37(25(23)34-16-33-24)20-6-5-7-21(12-20)40-28(29,30)31/h5-12,15-18,39H,13-14H2,1-4H3/t17-,18+/m0/s1. The number of ether oxygens (including phenoxy) is 1. The van der Waals surface area contributed by atoms with Crippen molar-refractivity contribution in [2.75, 3.05) is 18.0 Å². The van der Waals surface area contributed by atoms with Crippen molar-refractivity contribution in [3.63, 3.8) is 0 Å². The van der Waals surface area contributed by atoms with Crippen LogP contribution in [0.15, 0.2) is 61.3 Å². The largest absolute Gasteiger partial charge is 0.573 e. The Hall–Kier alpha value is -4.19. The average molecular weight is 555 g/mol. The van der Waals surface area contributed by atoms with Gasteiger partial charge in [-0.15, -0.1) is 13.2 Å². The number of nitrogens with zero attached hydrogens (tertiary/aromatic N) is 6. The summed E-state index contributed by atoms with van der Waals surface area (Å²) in [4.78, 5) is 30.0. The number of halogens is 3. The van der Waals surface area contributed by atoms with E-state index in [4.69, 9.17) is 0 Å². The molecule has 1 saturated heterocycles. The van der Waals surface area contributed by atoms with E-state index >= 15 is 0 Å². The van der Waals surface area contributed by atoms with Crippen LogP contribution in [0.5, 0.6) is 5.75 Å². The lowest BCUT2D eigenvalue weighted by atomic mass is 10.0. The zero-order valence-electron chi connectivity index (χ0n) is 22.4. The van der Waals surface area contributed by atoms with Gasteiger partial charge in [-0.05, 0) is 57.5 Å². The number of aliphatic hydroxyl groups is 1. The number of hydrogen-bond acceptors (Lipinski definition) is 7. The Morgan fingerprint density at radius 3 is 2.45 bits per heavy atom. The molecule has 0 radical (unpaired) electrons. The molecule has 1 aliphatic heterocycles. The van der Waals surface area contributed by atoms with E-state index in [1.54, 1.807) is 27.9 Å². The number of anilines is 1. The number of amides is 1. The van der Waals surface area contributed by atoms with E-state index in [2.05, 4.69) is 24.6 Å². The van der Waals surface area contributed by atoms with E-state index in [0.717, 1.165) is 11.1 Å². The van der Waals surface area contributed by atoms with E-state index in [9.17, 15) is 23.1 Å². The van der Waals surface area contributed by atoms with E-state index in [1.165, 1.54) is 38.4 Å². The fourth-order valence-corrected chi connectivity index (χ4v) is 5.10. The van der Waals surface area contributed by atoms with Crippen molar-refractivity contribution in [3.05, 3.63) is 61.3 Å². The maximum absolute atomic E-state index is 12.9. The average Bonchev–Trinajstić information content (AvgIpc) is 3.29. The first-order valence-corrected chi connectivity index (χ1v) is 12.8. The van der Waals surface area contributed by atoms with Gasteiger partial charge in [-0.25, -0.2) is 9.97 Å². The molecule has 1 fully saturated rings. The molecule has 9 nitrogen and oxygen atoms in total. The van der Waals surface area contributed by atoms with Gasteiger partial charge in [0.25, 0.3) is 5.91 Å². The zero-order chi connectivity index (χ0) is 28.8. The third-order valence-electron chi connectivity index (χ3n) is 6.93. The van der Waals surface area contributed by atoms with Gasteiger partial charge in [-0.1, -0.05) is 6.07 Å². The minimum absolute atomic E-state index is 0.155. The number of carbonyl (C=O) groups excluding carboxylic acids is 1. The van der Waals surface area contributed by atoms with Crippen LogP contribution in [0, 0.1) is 0 Å². The van der Waals surface area contributed by atoms with Crippen molar-refractivity contribution in [2.24, 2.45) is 0 Å². The van der Waals surface area contributed by atoms with Gasteiger partial charge in [-0.2, -0.15) is 0 Å². The number of piperazine rings is 1. The maximum Gasteiger partial charge on any atom is 0.573 e. The quantitative estimate of drug-likeness (QED) is 0.386. The Labute approximate surface area is 228 Å². The molecule has 1 aliphatic rings. The zero-order valence-corrected chi connectivity index (χ0v) is 22.4. The summed E-state index contributed by atoms with van der Waals surface area (Å²) in [6.07, 6.45) is 1.73. The highest BCUT2D eigenvalue weighted by Crippen LogP contribution is 2.39. The second-order valence-corrected chi connectivity index (χ2v) is 10.5. The van der Waals surface area contributed by atoms with Crippen LogP contribution in [-0.2, 0) is 4.79 Å². The van der Waals surface area contributed by atoms with Crippen molar-refractivity contribution in [3.8, 4) is 22.6 Å². The Balaban J connectivity index is 1.63. The summed E-state index contributed by atoms with van der Waals surface area (Å²) in [5.74, 6) is -0.0569. The minimum Gasteiger partial charge on any atom is -0.406 e. The fourth-order valence-electron chi connectivity index (χ4n) is 5.10. The van der Waals surface area contributed by atoms with Crippen LogP contribution in [0.4, 0.5) is 19.0 Å². The lowest BCUT2D eigenvalue weighted by molar-refractivity contribution is -0.274. The fraction of sp³-hybridized carbons (Fsp3) is 0.357. The van der Waals surface area contributed by atoms with Crippen molar-refractivity contribution in [1.82, 2.24) is 24.4 Å². The number of alkyl halides is 3. The molecule has 2 atom stereocenters. The Morgan fingerprint density at radius 2 is 1.77 bits per heavy atom. The highest BCUT2D eigenvalue weighted by molar-refractivity contribution is 6.02. The number of hydrogen-bond donors (Lipinski definition) is 1. The molecular weight excluding hydrogens is 525 g/mol. The lowest BCUT2D eigenvalue weighted by Gasteiger charge is -2.46. The van der Waals surface area contributed by atoms with Crippen molar-refractivity contribution >= 4 is 22.8 Å². The first-order chi connectivity index (χ1) is 18.8. The Bertz CT molecular complexity index is 1530. The molecule has 3 aromatic heterocycles. The SMILES string of the molecule is C[C@@H]1CN(c2ncnc3c2c(-c2ccncc2)cn3-c2cccc(OC(F)(F)F)c2)[C@@H](C)CN1C(=O)C(C)(C)O. The molecule has 0 bridgehead atoms. The van der Waals surface area contributed by atoms with Crippen molar-refractivity contribution in [1.29, 1.82) is 0 Å². The van der Waals surface area contributed by atoms with Crippen molar-refractivity contribution < 1.29 is 27.8 Å². The Kier molecular flexibility index (Phi) is 6.90. The third kappa shape index (κ3) is 5.31. The summed E-state index contributed by atoms with van der Waals surface area (Å²) in [7, 11) is 0. The minimum atomic E-state index is -4.82. The number of pyridine rings is 1. The molecule has 0 saturated carbocycles. The van der Waals surface area contributed by atoms with Gasteiger partial charge < -0.3 is 24.2 Å². The molecule has 4 heterocycles. The number of aromatic nitrogens is 4. The van der Waals surface area contributed by atoms with Gasteiger partial charge in [0.2, 0.25) is 0 Å². The number of carbonyl (C=O) groups is 1. The normalized spacial score (nSPS) is 18.3. The van der Waals surface area contributed by atoms with Crippen molar-refractivity contribution in [2.45, 2.75) is 51.7 Å². The number of fused-ring (bicyclic) bond motifs is 1. The molecule has 0 spiro atoms. The molecule has 1 aromatic carbocycles. The van der Waals surface area contributed by atoms with Gasteiger partial charge in [0, 0.05) is 55.4 Å². The van der Waals surface area contributed by atoms with E-state index in [1.807, 2.05) is 32.2 Å². The van der Waals surface area contributed by atoms with Crippen LogP contribution in [0.3, 0.4) is 0 Å². The Morgan fingerprint density at radius 1 is 1.05 bits per heavy atom. The highest BCUT2D eigenvalue weighted by atomic mass is 19.4. The molecule has 1 N–H and O–H groups in total. The van der Waals surface area contributed by atoms with Crippen LogP contribution < -0.4 is 9.64 Å². The van der Waals surface area contributed by atoms with Gasteiger partial charge in [0.1, 0.15) is 23.5 Å². The second-order valence-electron chi connectivity index (χ2n) is 10.5. The molecule has 40 heavy (non-hydrogen) atoms. The van der Waals surface area contributed by atoms with Gasteiger partial charge in [-0.3, -0.25) is 9.78 Å². The lowest BCUT2D eigenvalue weighted by Crippen LogP contribution is -2.61.